The number of para-hydroxylation sites is 1. The van der Waals surface area contributed by atoms with Crippen LogP contribution in [-0.4, -0.2) is 29.4 Å². The molecule has 0 N–H and O–H groups in total. The number of aromatic nitrogens is 6. The summed E-state index contributed by atoms with van der Waals surface area (Å²) in [6.45, 7) is 2.77. The highest BCUT2D eigenvalue weighted by Gasteiger charge is 2.17. The molecular weight excluding hydrogens is 436 g/mol. The number of hydrogen-bond acceptors (Lipinski definition) is 7. The molecule has 2 aromatic carbocycles. The average molecular weight is 461 g/mol. The Labute approximate surface area is 194 Å². The van der Waals surface area contributed by atoms with E-state index in [9.17, 15) is 4.79 Å². The number of benzene rings is 2. The van der Waals surface area contributed by atoms with E-state index in [-0.39, 0.29) is 5.56 Å². The first kappa shape index (κ1) is 21.4. The number of nitrogens with zero attached hydrogens (tertiary/aromatic N) is 6. The van der Waals surface area contributed by atoms with Crippen LogP contribution in [0.1, 0.15) is 43.5 Å². The SMILES string of the molecule is CCCCCn1c(=O)c2ccccc2n2c(SCc3nnc(Cc4ccccc4)o3)nnc12. The summed E-state index contributed by atoms with van der Waals surface area (Å²) in [7, 11) is 0. The van der Waals surface area contributed by atoms with Crippen molar-refractivity contribution < 1.29 is 4.42 Å². The van der Waals surface area contributed by atoms with Crippen molar-refractivity contribution in [2.75, 3.05) is 0 Å². The van der Waals surface area contributed by atoms with Crippen LogP contribution in [0, 0.1) is 0 Å². The molecule has 0 atom stereocenters. The zero-order valence-electron chi connectivity index (χ0n) is 18.3. The standard InChI is InChI=1S/C24H24N6O2S/c1-2-3-9-14-29-22(31)18-12-7-8-13-19(18)30-23(29)27-28-24(30)33-16-21-26-25-20(32-21)15-17-10-5-4-6-11-17/h4-8,10-13H,2-3,9,14-16H2,1H3. The predicted octanol–water partition coefficient (Wildman–Crippen LogP) is 4.50. The van der Waals surface area contributed by atoms with E-state index >= 15 is 0 Å². The maximum absolute atomic E-state index is 13.1. The minimum absolute atomic E-state index is 0.0272. The molecule has 0 bridgehead atoms. The molecule has 5 rings (SSSR count). The highest BCUT2D eigenvalue weighted by atomic mass is 32.2. The second kappa shape index (κ2) is 9.58. The van der Waals surface area contributed by atoms with Crippen molar-refractivity contribution in [2.45, 2.75) is 50.1 Å². The molecule has 9 heteroatoms. The van der Waals surface area contributed by atoms with Crippen molar-refractivity contribution in [3.8, 4) is 0 Å². The van der Waals surface area contributed by atoms with E-state index in [1.807, 2.05) is 59.0 Å². The Hall–Kier alpha value is -3.46. The third-order valence-electron chi connectivity index (χ3n) is 5.50. The number of rotatable bonds is 9. The van der Waals surface area contributed by atoms with E-state index in [1.165, 1.54) is 11.8 Å². The molecule has 8 nitrogen and oxygen atoms in total. The highest BCUT2D eigenvalue weighted by molar-refractivity contribution is 7.98. The van der Waals surface area contributed by atoms with Crippen LogP contribution >= 0.6 is 11.8 Å². The smallest absolute Gasteiger partial charge is 0.262 e. The van der Waals surface area contributed by atoms with Crippen LogP contribution in [0.2, 0.25) is 0 Å². The molecule has 33 heavy (non-hydrogen) atoms. The van der Waals surface area contributed by atoms with Gasteiger partial charge in [0.05, 0.1) is 23.1 Å². The first-order valence-corrected chi connectivity index (χ1v) is 12.1. The van der Waals surface area contributed by atoms with Crippen molar-refractivity contribution >= 4 is 28.4 Å². The molecule has 0 fully saturated rings. The van der Waals surface area contributed by atoms with Gasteiger partial charge in [-0.15, -0.1) is 20.4 Å². The molecule has 3 heterocycles. The van der Waals surface area contributed by atoms with Gasteiger partial charge in [-0.3, -0.25) is 13.8 Å². The molecule has 0 aliphatic heterocycles. The van der Waals surface area contributed by atoms with Crippen LogP contribution in [-0.2, 0) is 18.7 Å². The van der Waals surface area contributed by atoms with Gasteiger partial charge in [-0.1, -0.05) is 74.0 Å². The largest absolute Gasteiger partial charge is 0.424 e. The third kappa shape index (κ3) is 4.41. The predicted molar refractivity (Wildman–Crippen MR) is 127 cm³/mol. The van der Waals surface area contributed by atoms with Crippen LogP contribution in [0.5, 0.6) is 0 Å². The molecule has 0 radical (unpaired) electrons. The van der Waals surface area contributed by atoms with Crippen LogP contribution in [0.4, 0.5) is 0 Å². The summed E-state index contributed by atoms with van der Waals surface area (Å²) >= 11 is 1.46. The first-order valence-electron chi connectivity index (χ1n) is 11.1. The van der Waals surface area contributed by atoms with Gasteiger partial charge in [0.1, 0.15) is 0 Å². The van der Waals surface area contributed by atoms with Gasteiger partial charge in [-0.05, 0) is 24.1 Å². The molecule has 0 saturated carbocycles. The van der Waals surface area contributed by atoms with Gasteiger partial charge < -0.3 is 4.42 Å². The lowest BCUT2D eigenvalue weighted by Gasteiger charge is -2.10. The Morgan fingerprint density at radius 1 is 0.909 bits per heavy atom. The lowest BCUT2D eigenvalue weighted by Crippen LogP contribution is -2.23. The van der Waals surface area contributed by atoms with Gasteiger partial charge in [0.2, 0.25) is 17.6 Å². The first-order chi connectivity index (χ1) is 16.2. The Kier molecular flexibility index (Phi) is 6.21. The van der Waals surface area contributed by atoms with Crippen LogP contribution < -0.4 is 5.56 Å². The van der Waals surface area contributed by atoms with E-state index in [4.69, 9.17) is 4.42 Å². The lowest BCUT2D eigenvalue weighted by atomic mass is 10.2. The number of hydrogen-bond donors (Lipinski definition) is 0. The van der Waals surface area contributed by atoms with Gasteiger partial charge in [0, 0.05) is 6.54 Å². The van der Waals surface area contributed by atoms with Crippen molar-refractivity contribution in [1.29, 1.82) is 0 Å². The molecule has 0 saturated heterocycles. The van der Waals surface area contributed by atoms with Crippen molar-refractivity contribution in [2.24, 2.45) is 0 Å². The Morgan fingerprint density at radius 2 is 1.70 bits per heavy atom. The zero-order valence-corrected chi connectivity index (χ0v) is 19.2. The summed E-state index contributed by atoms with van der Waals surface area (Å²) in [4.78, 5) is 13.1. The molecule has 168 valence electrons. The molecule has 3 aromatic heterocycles. The fourth-order valence-electron chi connectivity index (χ4n) is 3.86. The van der Waals surface area contributed by atoms with E-state index in [2.05, 4.69) is 27.3 Å². The zero-order chi connectivity index (χ0) is 22.6. The van der Waals surface area contributed by atoms with Gasteiger partial charge in [-0.2, -0.15) is 0 Å². The normalized spacial score (nSPS) is 11.5. The second-order valence-corrected chi connectivity index (χ2v) is 8.78. The van der Waals surface area contributed by atoms with E-state index in [0.29, 0.717) is 46.8 Å². The molecule has 0 aliphatic carbocycles. The fraction of sp³-hybridized carbons (Fsp3) is 0.292. The van der Waals surface area contributed by atoms with Crippen LogP contribution in [0.25, 0.3) is 16.7 Å². The average Bonchev–Trinajstić information content (AvgIpc) is 3.47. The molecule has 0 amide bonds. The lowest BCUT2D eigenvalue weighted by molar-refractivity contribution is 0.474. The Balaban J connectivity index is 1.43. The fourth-order valence-corrected chi connectivity index (χ4v) is 4.64. The Morgan fingerprint density at radius 3 is 2.55 bits per heavy atom. The second-order valence-electron chi connectivity index (χ2n) is 7.84. The summed E-state index contributed by atoms with van der Waals surface area (Å²) in [5.74, 6) is 2.14. The van der Waals surface area contributed by atoms with Crippen molar-refractivity contribution in [1.82, 2.24) is 29.4 Å². The minimum atomic E-state index is -0.0272. The number of unbranched alkanes of at least 4 members (excludes halogenated alkanes) is 2. The topological polar surface area (TPSA) is 91.1 Å². The van der Waals surface area contributed by atoms with Crippen molar-refractivity contribution in [3.05, 3.63) is 82.3 Å². The number of thioether (sulfide) groups is 1. The summed E-state index contributed by atoms with van der Waals surface area (Å²) in [6, 6.07) is 17.6. The van der Waals surface area contributed by atoms with Crippen LogP contribution in [0.3, 0.4) is 0 Å². The molecule has 0 aliphatic rings. The van der Waals surface area contributed by atoms with E-state index in [0.717, 1.165) is 30.3 Å². The molecule has 5 aromatic rings. The number of fused-ring (bicyclic) bond motifs is 3. The van der Waals surface area contributed by atoms with Gasteiger partial charge in [0.25, 0.3) is 5.56 Å². The van der Waals surface area contributed by atoms with Crippen LogP contribution in [0.15, 0.2) is 69.0 Å². The van der Waals surface area contributed by atoms with Crippen molar-refractivity contribution in [3.63, 3.8) is 0 Å². The summed E-state index contributed by atoms with van der Waals surface area (Å²) < 4.78 is 9.53. The van der Waals surface area contributed by atoms with Gasteiger partial charge in [0.15, 0.2) is 5.16 Å². The monoisotopic (exact) mass is 460 g/mol. The highest BCUT2D eigenvalue weighted by Crippen LogP contribution is 2.24. The van der Waals surface area contributed by atoms with E-state index < -0.39 is 0 Å². The maximum atomic E-state index is 13.1. The maximum Gasteiger partial charge on any atom is 0.262 e. The minimum Gasteiger partial charge on any atom is -0.424 e. The molecular formula is C24H24N6O2S. The quantitative estimate of drug-likeness (QED) is 0.236. The van der Waals surface area contributed by atoms with Gasteiger partial charge >= 0.3 is 0 Å². The molecule has 0 unspecified atom stereocenters. The van der Waals surface area contributed by atoms with E-state index in [1.54, 1.807) is 4.57 Å². The number of aryl methyl sites for hydroxylation is 1. The summed E-state index contributed by atoms with van der Waals surface area (Å²) in [6.07, 6.45) is 3.67. The van der Waals surface area contributed by atoms with Gasteiger partial charge in [-0.25, -0.2) is 0 Å². The third-order valence-corrected chi connectivity index (χ3v) is 6.41. The summed E-state index contributed by atoms with van der Waals surface area (Å²) in [5, 5.41) is 18.5. The molecule has 0 spiro atoms. The Bertz CT molecular complexity index is 1440. The summed E-state index contributed by atoms with van der Waals surface area (Å²) in [5.41, 5.74) is 1.89.